The molecule has 0 aromatic heterocycles. The molecule has 0 spiro atoms. The third-order valence-corrected chi connectivity index (χ3v) is 12.2. The Labute approximate surface area is 374 Å². The van der Waals surface area contributed by atoms with Crippen molar-refractivity contribution in [3.05, 3.63) is 24.3 Å². The molecule has 10 nitrogen and oxygen atoms in total. The SMILES string of the molecule is CCCCCCC/C=C\C/C=C\CCCCCCCCCCCCOCC(COP(=O)(O)OCC(N)C(=O)O)OC(=O)CCCCCCCCCCCCCCCCCCC. The summed E-state index contributed by atoms with van der Waals surface area (Å²) in [6.45, 7) is 3.91. The average molecular weight is 886 g/mol. The number of hydrogen-bond acceptors (Lipinski definition) is 8. The van der Waals surface area contributed by atoms with E-state index in [4.69, 9.17) is 29.4 Å². The van der Waals surface area contributed by atoms with Crippen molar-refractivity contribution < 1.29 is 42.7 Å². The van der Waals surface area contributed by atoms with Crippen LogP contribution in [-0.2, 0) is 32.7 Å². The standard InChI is InChI=1S/C50H96NO9P/c1-3-5-7-9-11-13-15-17-19-21-22-23-24-25-27-29-31-33-35-37-39-41-43-57-44-47(45-58-61(55,56)59-46-48(51)50(53)54)60-49(52)42-40-38-36-34-32-30-28-26-20-18-16-14-12-10-8-6-4-2/h15,17,21-22,47-48H,3-14,16,18-20,23-46,51H2,1-2H3,(H,53,54)(H,55,56)/b17-15-,22-21-. The van der Waals surface area contributed by atoms with Crippen LogP contribution in [0.15, 0.2) is 24.3 Å². The third-order valence-electron chi connectivity index (χ3n) is 11.2. The molecule has 0 bridgehead atoms. The highest BCUT2D eigenvalue weighted by molar-refractivity contribution is 7.47. The maximum absolute atomic E-state index is 12.7. The van der Waals surface area contributed by atoms with Gasteiger partial charge in [0.25, 0.3) is 0 Å². The normalized spacial score (nSPS) is 13.9. The Morgan fingerprint density at radius 2 is 0.902 bits per heavy atom. The molecule has 0 aliphatic heterocycles. The Kier molecular flexibility index (Phi) is 45.3. The van der Waals surface area contributed by atoms with Crippen molar-refractivity contribution in [2.24, 2.45) is 5.73 Å². The smallest absolute Gasteiger partial charge is 0.472 e. The first-order chi connectivity index (χ1) is 29.7. The first-order valence-electron chi connectivity index (χ1n) is 25.4. The minimum Gasteiger partial charge on any atom is -0.480 e. The average Bonchev–Trinajstić information content (AvgIpc) is 3.24. The van der Waals surface area contributed by atoms with Crippen LogP contribution >= 0.6 is 7.82 Å². The summed E-state index contributed by atoms with van der Waals surface area (Å²) >= 11 is 0. The number of esters is 1. The number of ether oxygens (including phenoxy) is 2. The van der Waals surface area contributed by atoms with Gasteiger partial charge in [-0.1, -0.05) is 218 Å². The van der Waals surface area contributed by atoms with E-state index in [-0.39, 0.29) is 13.0 Å². The Morgan fingerprint density at radius 1 is 0.525 bits per heavy atom. The summed E-state index contributed by atoms with van der Waals surface area (Å²) < 4.78 is 33.5. The predicted octanol–water partition coefficient (Wildman–Crippen LogP) is 14.7. The summed E-state index contributed by atoms with van der Waals surface area (Å²) in [4.78, 5) is 33.7. The molecule has 0 aromatic carbocycles. The summed E-state index contributed by atoms with van der Waals surface area (Å²) in [5, 5.41) is 8.92. The Morgan fingerprint density at radius 3 is 1.33 bits per heavy atom. The van der Waals surface area contributed by atoms with Crippen molar-refractivity contribution in [1.29, 1.82) is 0 Å². The Balaban J connectivity index is 4.12. The summed E-state index contributed by atoms with van der Waals surface area (Å²) in [6, 6.07) is -1.47. The maximum atomic E-state index is 12.7. The van der Waals surface area contributed by atoms with Gasteiger partial charge in [-0.2, -0.15) is 0 Å². The van der Waals surface area contributed by atoms with E-state index in [0.717, 1.165) is 44.9 Å². The molecule has 61 heavy (non-hydrogen) atoms. The molecule has 3 unspecified atom stereocenters. The zero-order chi connectivity index (χ0) is 44.8. The number of allylic oxidation sites excluding steroid dienone is 4. The van der Waals surface area contributed by atoms with Gasteiger partial charge in [-0.05, 0) is 44.9 Å². The molecule has 0 heterocycles. The van der Waals surface area contributed by atoms with Crippen LogP contribution in [0.5, 0.6) is 0 Å². The molecule has 4 N–H and O–H groups in total. The van der Waals surface area contributed by atoms with Crippen molar-refractivity contribution in [3.8, 4) is 0 Å². The lowest BCUT2D eigenvalue weighted by Gasteiger charge is -2.20. The zero-order valence-corrected chi connectivity index (χ0v) is 40.4. The molecule has 0 saturated carbocycles. The molecule has 360 valence electrons. The molecule has 0 amide bonds. The number of hydrogen-bond donors (Lipinski definition) is 3. The number of carbonyl (C=O) groups excluding carboxylic acids is 1. The van der Waals surface area contributed by atoms with Crippen LogP contribution in [0.2, 0.25) is 0 Å². The Hall–Kier alpha value is -1.55. The lowest BCUT2D eigenvalue weighted by atomic mass is 10.0. The molecule has 11 heteroatoms. The van der Waals surface area contributed by atoms with Gasteiger partial charge in [-0.25, -0.2) is 4.57 Å². The highest BCUT2D eigenvalue weighted by atomic mass is 31.2. The molecule has 0 radical (unpaired) electrons. The van der Waals surface area contributed by atoms with E-state index in [1.165, 1.54) is 180 Å². The van der Waals surface area contributed by atoms with Crippen LogP contribution in [0, 0.1) is 0 Å². The van der Waals surface area contributed by atoms with Crippen molar-refractivity contribution in [3.63, 3.8) is 0 Å². The molecule has 0 aliphatic rings. The molecule has 0 saturated heterocycles. The molecule has 0 fully saturated rings. The fourth-order valence-electron chi connectivity index (χ4n) is 7.28. The highest BCUT2D eigenvalue weighted by Gasteiger charge is 2.27. The number of phosphoric acid groups is 1. The maximum Gasteiger partial charge on any atom is 0.472 e. The van der Waals surface area contributed by atoms with Gasteiger partial charge in [0.15, 0.2) is 0 Å². The van der Waals surface area contributed by atoms with E-state index < -0.39 is 45.1 Å². The van der Waals surface area contributed by atoms with Crippen LogP contribution in [0.25, 0.3) is 0 Å². The van der Waals surface area contributed by atoms with Gasteiger partial charge in [0.1, 0.15) is 12.1 Å². The van der Waals surface area contributed by atoms with Crippen LogP contribution in [0.4, 0.5) is 0 Å². The lowest BCUT2D eigenvalue weighted by Crippen LogP contribution is -2.34. The van der Waals surface area contributed by atoms with Crippen molar-refractivity contribution in [2.75, 3.05) is 26.4 Å². The van der Waals surface area contributed by atoms with E-state index in [1.807, 2.05) is 0 Å². The number of nitrogens with two attached hydrogens (primary N) is 1. The van der Waals surface area contributed by atoms with E-state index in [1.54, 1.807) is 0 Å². The largest absolute Gasteiger partial charge is 0.480 e. The number of carboxylic acid groups (broad SMARTS) is 1. The molecule has 0 aromatic rings. The van der Waals surface area contributed by atoms with E-state index in [0.29, 0.717) is 6.61 Å². The van der Waals surface area contributed by atoms with Gasteiger partial charge in [0, 0.05) is 13.0 Å². The summed E-state index contributed by atoms with van der Waals surface area (Å²) in [5.41, 5.74) is 5.37. The second-order valence-electron chi connectivity index (χ2n) is 17.3. The van der Waals surface area contributed by atoms with Gasteiger partial charge in [0.05, 0.1) is 19.8 Å². The summed E-state index contributed by atoms with van der Waals surface area (Å²) in [6.07, 6.45) is 52.3. The number of carboxylic acids is 1. The molecule has 3 atom stereocenters. The van der Waals surface area contributed by atoms with Gasteiger partial charge in [-0.3, -0.25) is 18.6 Å². The topological polar surface area (TPSA) is 155 Å². The minimum atomic E-state index is -4.62. The highest BCUT2D eigenvalue weighted by Crippen LogP contribution is 2.43. The number of unbranched alkanes of at least 4 members (excludes halogenated alkanes) is 31. The molecule has 0 rings (SSSR count). The lowest BCUT2D eigenvalue weighted by molar-refractivity contribution is -0.154. The van der Waals surface area contributed by atoms with Gasteiger partial charge < -0.3 is 25.2 Å². The van der Waals surface area contributed by atoms with E-state index >= 15 is 0 Å². The Bertz CT molecular complexity index is 1070. The first-order valence-corrected chi connectivity index (χ1v) is 26.9. The van der Waals surface area contributed by atoms with Crippen LogP contribution in [0.1, 0.15) is 245 Å². The van der Waals surface area contributed by atoms with E-state index in [2.05, 4.69) is 38.2 Å². The van der Waals surface area contributed by atoms with E-state index in [9.17, 15) is 19.0 Å². The quantitative estimate of drug-likeness (QED) is 0.0233. The van der Waals surface area contributed by atoms with Crippen molar-refractivity contribution in [1.82, 2.24) is 0 Å². The molecular formula is C50H96NO9P. The van der Waals surface area contributed by atoms with Gasteiger partial charge >= 0.3 is 19.8 Å². The molecular weight excluding hydrogens is 790 g/mol. The van der Waals surface area contributed by atoms with Crippen LogP contribution < -0.4 is 5.73 Å². The zero-order valence-electron chi connectivity index (χ0n) is 39.5. The summed E-state index contributed by atoms with van der Waals surface area (Å²) in [7, 11) is -4.62. The van der Waals surface area contributed by atoms with Crippen LogP contribution in [0.3, 0.4) is 0 Å². The molecule has 0 aliphatic carbocycles. The fraction of sp³-hybridized carbons (Fsp3) is 0.880. The second kappa shape index (κ2) is 46.4. The monoisotopic (exact) mass is 886 g/mol. The minimum absolute atomic E-state index is 0.0194. The third kappa shape index (κ3) is 46.3. The fourth-order valence-corrected chi connectivity index (χ4v) is 8.06. The van der Waals surface area contributed by atoms with Crippen molar-refractivity contribution >= 4 is 19.8 Å². The van der Waals surface area contributed by atoms with Gasteiger partial charge in [-0.15, -0.1) is 0 Å². The van der Waals surface area contributed by atoms with Gasteiger partial charge in [0.2, 0.25) is 0 Å². The second-order valence-corrected chi connectivity index (χ2v) is 18.8. The van der Waals surface area contributed by atoms with Crippen LogP contribution in [-0.4, -0.2) is 60.5 Å². The number of rotatable bonds is 49. The number of aliphatic carboxylic acids is 1. The predicted molar refractivity (Wildman–Crippen MR) is 254 cm³/mol. The summed E-state index contributed by atoms with van der Waals surface area (Å²) in [5.74, 6) is -1.77. The number of carbonyl (C=O) groups is 2. The van der Waals surface area contributed by atoms with Crippen molar-refractivity contribution in [2.45, 2.75) is 257 Å². The first kappa shape index (κ1) is 59.5. The number of phosphoric ester groups is 1.